The maximum absolute atomic E-state index is 5.77. The van der Waals surface area contributed by atoms with Crippen LogP contribution in [0.25, 0.3) is 0 Å². The Kier molecular flexibility index (Phi) is 4.53. The summed E-state index contributed by atoms with van der Waals surface area (Å²) in [5.41, 5.74) is 7.77. The lowest BCUT2D eigenvalue weighted by molar-refractivity contribution is 0.413. The lowest BCUT2D eigenvalue weighted by atomic mass is 9.94. The molecule has 18 heavy (non-hydrogen) atoms. The molecule has 0 radical (unpaired) electrons. The van der Waals surface area contributed by atoms with Crippen LogP contribution in [0.15, 0.2) is 6.20 Å². The van der Waals surface area contributed by atoms with E-state index >= 15 is 0 Å². The maximum atomic E-state index is 5.77. The first kappa shape index (κ1) is 13.3. The summed E-state index contributed by atoms with van der Waals surface area (Å²) in [6.45, 7) is 5.58. The van der Waals surface area contributed by atoms with Gasteiger partial charge < -0.3 is 10.6 Å². The van der Waals surface area contributed by atoms with Gasteiger partial charge in [-0.25, -0.2) is 4.98 Å². The molecular weight excluding hydrogens is 224 g/mol. The molecule has 0 amide bonds. The van der Waals surface area contributed by atoms with Gasteiger partial charge in [-0.1, -0.05) is 19.3 Å². The number of hydrogen-bond acceptors (Lipinski definition) is 4. The highest BCUT2D eigenvalue weighted by Crippen LogP contribution is 2.27. The number of anilines is 1. The fourth-order valence-corrected chi connectivity index (χ4v) is 2.79. The van der Waals surface area contributed by atoms with E-state index in [4.69, 9.17) is 5.73 Å². The van der Waals surface area contributed by atoms with Gasteiger partial charge in [0.25, 0.3) is 0 Å². The topological polar surface area (TPSA) is 55.0 Å². The number of nitrogens with zero attached hydrogens (tertiary/aromatic N) is 3. The van der Waals surface area contributed by atoms with Gasteiger partial charge >= 0.3 is 0 Å². The minimum atomic E-state index is 0.595. The van der Waals surface area contributed by atoms with Crippen molar-refractivity contribution in [1.29, 1.82) is 0 Å². The summed E-state index contributed by atoms with van der Waals surface area (Å²) in [5, 5.41) is 0. The minimum Gasteiger partial charge on any atom is -0.351 e. The first-order valence-corrected chi connectivity index (χ1v) is 6.99. The smallest absolute Gasteiger partial charge is 0.150 e. The molecule has 0 atom stereocenters. The monoisotopic (exact) mass is 248 g/mol. The second kappa shape index (κ2) is 6.14. The first-order chi connectivity index (χ1) is 8.72. The summed E-state index contributed by atoms with van der Waals surface area (Å²) in [6.07, 6.45) is 8.37. The van der Waals surface area contributed by atoms with Crippen molar-refractivity contribution in [3.63, 3.8) is 0 Å². The van der Waals surface area contributed by atoms with E-state index in [1.807, 2.05) is 20.0 Å². The largest absolute Gasteiger partial charge is 0.351 e. The molecule has 1 heterocycles. The summed E-state index contributed by atoms with van der Waals surface area (Å²) in [4.78, 5) is 11.5. The standard InChI is InChI=1S/C14H24N4/c1-11-10-16-12(2)14(17-11)18(9-8-15)13-6-4-3-5-7-13/h10,13H,3-9,15H2,1-2H3. The van der Waals surface area contributed by atoms with Crippen molar-refractivity contribution in [3.05, 3.63) is 17.6 Å². The van der Waals surface area contributed by atoms with Crippen molar-refractivity contribution in [2.75, 3.05) is 18.0 Å². The molecule has 4 nitrogen and oxygen atoms in total. The Morgan fingerprint density at radius 2 is 2.00 bits per heavy atom. The van der Waals surface area contributed by atoms with Crippen molar-refractivity contribution >= 4 is 5.82 Å². The van der Waals surface area contributed by atoms with E-state index in [0.717, 1.165) is 23.8 Å². The Bertz CT molecular complexity index is 385. The fraction of sp³-hybridized carbons (Fsp3) is 0.714. The second-order valence-corrected chi connectivity index (χ2v) is 5.19. The van der Waals surface area contributed by atoms with Gasteiger partial charge in [-0.2, -0.15) is 0 Å². The van der Waals surface area contributed by atoms with Crippen LogP contribution in [-0.2, 0) is 0 Å². The van der Waals surface area contributed by atoms with Crippen LogP contribution in [0.5, 0.6) is 0 Å². The van der Waals surface area contributed by atoms with Crippen LogP contribution >= 0.6 is 0 Å². The highest BCUT2D eigenvalue weighted by atomic mass is 15.2. The summed E-state index contributed by atoms with van der Waals surface area (Å²) < 4.78 is 0. The zero-order valence-electron chi connectivity index (χ0n) is 11.5. The molecule has 1 aliphatic rings. The van der Waals surface area contributed by atoms with E-state index < -0.39 is 0 Å². The van der Waals surface area contributed by atoms with E-state index in [9.17, 15) is 0 Å². The number of nitrogens with two attached hydrogens (primary N) is 1. The third-order valence-corrected chi connectivity index (χ3v) is 3.71. The van der Waals surface area contributed by atoms with Crippen LogP contribution in [0.1, 0.15) is 43.5 Å². The van der Waals surface area contributed by atoms with E-state index in [-0.39, 0.29) is 0 Å². The predicted octanol–water partition coefficient (Wildman–Crippen LogP) is 2.19. The Balaban J connectivity index is 2.24. The number of aromatic nitrogens is 2. The Labute approximate surface area is 110 Å². The average molecular weight is 248 g/mol. The van der Waals surface area contributed by atoms with Crippen LogP contribution in [0.2, 0.25) is 0 Å². The molecule has 1 aromatic heterocycles. The predicted molar refractivity (Wildman–Crippen MR) is 74.8 cm³/mol. The molecule has 1 aliphatic carbocycles. The van der Waals surface area contributed by atoms with E-state index in [1.54, 1.807) is 0 Å². The summed E-state index contributed by atoms with van der Waals surface area (Å²) in [6, 6.07) is 0.595. The third-order valence-electron chi connectivity index (χ3n) is 3.71. The molecule has 0 unspecified atom stereocenters. The molecule has 2 N–H and O–H groups in total. The second-order valence-electron chi connectivity index (χ2n) is 5.19. The molecule has 1 aromatic rings. The van der Waals surface area contributed by atoms with Gasteiger partial charge in [0.1, 0.15) is 0 Å². The summed E-state index contributed by atoms with van der Waals surface area (Å²) in [7, 11) is 0. The van der Waals surface area contributed by atoms with Crippen LogP contribution in [-0.4, -0.2) is 29.1 Å². The molecular formula is C14H24N4. The molecule has 0 aliphatic heterocycles. The van der Waals surface area contributed by atoms with Gasteiger partial charge in [0.2, 0.25) is 0 Å². The Hall–Kier alpha value is -1.16. The minimum absolute atomic E-state index is 0.595. The molecule has 100 valence electrons. The third kappa shape index (κ3) is 2.99. The van der Waals surface area contributed by atoms with E-state index in [2.05, 4.69) is 14.9 Å². The van der Waals surface area contributed by atoms with Crippen LogP contribution in [0.3, 0.4) is 0 Å². The summed E-state index contributed by atoms with van der Waals surface area (Å²) in [5.74, 6) is 1.03. The molecule has 0 spiro atoms. The first-order valence-electron chi connectivity index (χ1n) is 6.99. The lowest BCUT2D eigenvalue weighted by Crippen LogP contribution is -2.41. The van der Waals surface area contributed by atoms with Crippen molar-refractivity contribution in [1.82, 2.24) is 9.97 Å². The van der Waals surface area contributed by atoms with Crippen molar-refractivity contribution in [2.45, 2.75) is 52.0 Å². The molecule has 1 fully saturated rings. The van der Waals surface area contributed by atoms with E-state index in [1.165, 1.54) is 32.1 Å². The molecule has 2 rings (SSSR count). The number of aryl methyl sites for hydroxylation is 2. The highest BCUT2D eigenvalue weighted by Gasteiger charge is 2.23. The van der Waals surface area contributed by atoms with Crippen molar-refractivity contribution in [3.8, 4) is 0 Å². The lowest BCUT2D eigenvalue weighted by Gasteiger charge is -2.35. The van der Waals surface area contributed by atoms with Gasteiger partial charge in [0, 0.05) is 25.3 Å². The van der Waals surface area contributed by atoms with Crippen LogP contribution in [0.4, 0.5) is 5.82 Å². The molecule has 0 aromatic carbocycles. The normalized spacial score (nSPS) is 16.8. The van der Waals surface area contributed by atoms with Gasteiger partial charge in [-0.3, -0.25) is 4.98 Å². The summed E-state index contributed by atoms with van der Waals surface area (Å²) >= 11 is 0. The average Bonchev–Trinajstić information content (AvgIpc) is 2.40. The Morgan fingerprint density at radius 1 is 1.28 bits per heavy atom. The molecule has 1 saturated carbocycles. The van der Waals surface area contributed by atoms with Crippen LogP contribution < -0.4 is 10.6 Å². The molecule has 0 bridgehead atoms. The van der Waals surface area contributed by atoms with Gasteiger partial charge in [0.15, 0.2) is 5.82 Å². The van der Waals surface area contributed by atoms with Crippen molar-refractivity contribution in [2.24, 2.45) is 5.73 Å². The van der Waals surface area contributed by atoms with Gasteiger partial charge in [-0.15, -0.1) is 0 Å². The van der Waals surface area contributed by atoms with Gasteiger partial charge in [0.05, 0.1) is 11.4 Å². The quantitative estimate of drug-likeness (QED) is 0.887. The maximum Gasteiger partial charge on any atom is 0.150 e. The van der Waals surface area contributed by atoms with Crippen molar-refractivity contribution < 1.29 is 0 Å². The Morgan fingerprint density at radius 3 is 2.67 bits per heavy atom. The zero-order valence-corrected chi connectivity index (χ0v) is 11.5. The molecule has 0 saturated heterocycles. The van der Waals surface area contributed by atoms with Gasteiger partial charge in [-0.05, 0) is 26.7 Å². The molecule has 4 heteroatoms. The van der Waals surface area contributed by atoms with Crippen LogP contribution in [0, 0.1) is 13.8 Å². The fourth-order valence-electron chi connectivity index (χ4n) is 2.79. The van der Waals surface area contributed by atoms with E-state index in [0.29, 0.717) is 12.6 Å². The SMILES string of the molecule is Cc1cnc(C)c(N(CCN)C2CCCCC2)n1. The highest BCUT2D eigenvalue weighted by molar-refractivity contribution is 5.44. The number of hydrogen-bond donors (Lipinski definition) is 1. The number of rotatable bonds is 4. The zero-order chi connectivity index (χ0) is 13.0.